The van der Waals surface area contributed by atoms with Gasteiger partial charge in [0.05, 0.1) is 16.0 Å². The smallest absolute Gasteiger partial charge is 0.237 e. The van der Waals surface area contributed by atoms with Crippen LogP contribution in [-0.4, -0.2) is 26.1 Å². The minimum atomic E-state index is -0.553. The number of halogens is 2. The van der Waals surface area contributed by atoms with Crippen molar-refractivity contribution in [3.05, 3.63) is 29.0 Å². The van der Waals surface area contributed by atoms with Crippen LogP contribution >= 0.6 is 23.4 Å². The second kappa shape index (κ2) is 6.75. The number of nitrogens with one attached hydrogen (secondary N) is 1. The molecule has 116 valence electrons. The summed E-state index contributed by atoms with van der Waals surface area (Å²) >= 11 is 6.91. The van der Waals surface area contributed by atoms with Gasteiger partial charge < -0.3 is 16.8 Å². The van der Waals surface area contributed by atoms with Crippen molar-refractivity contribution >= 4 is 46.9 Å². The summed E-state index contributed by atoms with van der Waals surface area (Å²) in [7, 11) is 0. The molecule has 1 aromatic carbocycles. The van der Waals surface area contributed by atoms with E-state index in [1.807, 2.05) is 0 Å². The lowest BCUT2D eigenvalue weighted by Crippen LogP contribution is -2.23. The van der Waals surface area contributed by atoms with Crippen molar-refractivity contribution in [2.24, 2.45) is 0 Å². The molecule has 22 heavy (non-hydrogen) atoms. The first kappa shape index (κ1) is 16.2. The van der Waals surface area contributed by atoms with E-state index in [2.05, 4.69) is 20.3 Å². The van der Waals surface area contributed by atoms with Crippen LogP contribution in [0.25, 0.3) is 0 Å². The highest BCUT2D eigenvalue weighted by molar-refractivity contribution is 8.00. The molecule has 1 atom stereocenters. The Morgan fingerprint density at radius 1 is 1.32 bits per heavy atom. The van der Waals surface area contributed by atoms with Crippen LogP contribution < -0.4 is 16.8 Å². The topological polar surface area (TPSA) is 120 Å². The van der Waals surface area contributed by atoms with Crippen molar-refractivity contribution in [2.45, 2.75) is 17.3 Å². The predicted octanol–water partition coefficient (Wildman–Crippen LogP) is 1.95. The highest BCUT2D eigenvalue weighted by atomic mass is 35.5. The molecule has 0 radical (unpaired) electrons. The van der Waals surface area contributed by atoms with Gasteiger partial charge in [-0.05, 0) is 25.1 Å². The van der Waals surface area contributed by atoms with E-state index in [9.17, 15) is 9.18 Å². The van der Waals surface area contributed by atoms with E-state index in [4.69, 9.17) is 23.1 Å². The fraction of sp³-hybridized carbons (Fsp3) is 0.167. The van der Waals surface area contributed by atoms with Gasteiger partial charge in [0.15, 0.2) is 5.16 Å². The molecule has 2 aromatic rings. The number of anilines is 3. The van der Waals surface area contributed by atoms with Gasteiger partial charge in [0, 0.05) is 0 Å². The lowest BCUT2D eigenvalue weighted by Gasteiger charge is -2.12. The molecular formula is C12H12ClFN6OS. The van der Waals surface area contributed by atoms with Crippen LogP contribution in [0.2, 0.25) is 5.02 Å². The van der Waals surface area contributed by atoms with Crippen LogP contribution in [0.4, 0.5) is 22.0 Å². The number of amides is 1. The Balaban J connectivity index is 2.05. The van der Waals surface area contributed by atoms with Gasteiger partial charge in [-0.15, -0.1) is 0 Å². The van der Waals surface area contributed by atoms with Gasteiger partial charge in [-0.25, -0.2) is 4.39 Å². The maximum atomic E-state index is 13.0. The van der Waals surface area contributed by atoms with Crippen molar-refractivity contribution in [1.82, 2.24) is 15.0 Å². The standard InChI is InChI=1S/C12H12ClFN6OS/c1-5(22-12-19-10(15)18-11(16)20-12)9(21)17-8-3-2-6(14)4-7(8)13/h2-5H,1H3,(H,17,21)(H4,15,16,18,19,20). The summed E-state index contributed by atoms with van der Waals surface area (Å²) in [4.78, 5) is 23.5. The number of hydrogen-bond donors (Lipinski definition) is 3. The Morgan fingerprint density at radius 3 is 2.55 bits per heavy atom. The van der Waals surface area contributed by atoms with Gasteiger partial charge in [0.25, 0.3) is 0 Å². The molecule has 7 nitrogen and oxygen atoms in total. The van der Waals surface area contributed by atoms with Crippen LogP contribution in [0, 0.1) is 5.82 Å². The molecule has 0 saturated carbocycles. The maximum absolute atomic E-state index is 13.0. The van der Waals surface area contributed by atoms with E-state index in [1.165, 1.54) is 12.1 Å². The van der Waals surface area contributed by atoms with Gasteiger partial charge in [-0.1, -0.05) is 23.4 Å². The Kier molecular flexibility index (Phi) is 4.99. The van der Waals surface area contributed by atoms with E-state index in [0.717, 1.165) is 17.8 Å². The van der Waals surface area contributed by atoms with Crippen LogP contribution in [0.1, 0.15) is 6.92 Å². The normalized spacial score (nSPS) is 12.0. The molecule has 1 heterocycles. The van der Waals surface area contributed by atoms with Crippen molar-refractivity contribution < 1.29 is 9.18 Å². The molecule has 5 N–H and O–H groups in total. The van der Waals surface area contributed by atoms with Gasteiger partial charge in [-0.2, -0.15) is 15.0 Å². The summed E-state index contributed by atoms with van der Waals surface area (Å²) in [5, 5.41) is 2.39. The van der Waals surface area contributed by atoms with E-state index >= 15 is 0 Å². The molecule has 1 unspecified atom stereocenters. The zero-order chi connectivity index (χ0) is 16.3. The maximum Gasteiger partial charge on any atom is 0.237 e. The Morgan fingerprint density at radius 2 is 1.95 bits per heavy atom. The van der Waals surface area contributed by atoms with E-state index < -0.39 is 11.1 Å². The summed E-state index contributed by atoms with van der Waals surface area (Å²) < 4.78 is 13.0. The molecule has 0 bridgehead atoms. The Labute approximate surface area is 134 Å². The molecule has 0 aliphatic heterocycles. The van der Waals surface area contributed by atoms with E-state index in [-0.39, 0.29) is 28.0 Å². The SMILES string of the molecule is CC(Sc1nc(N)nc(N)n1)C(=O)Nc1ccc(F)cc1Cl. The minimum Gasteiger partial charge on any atom is -0.368 e. The van der Waals surface area contributed by atoms with Crippen molar-refractivity contribution in [3.63, 3.8) is 0 Å². The molecule has 10 heteroatoms. The fourth-order valence-electron chi connectivity index (χ4n) is 1.48. The highest BCUT2D eigenvalue weighted by Crippen LogP contribution is 2.25. The average Bonchev–Trinajstić information content (AvgIpc) is 2.40. The van der Waals surface area contributed by atoms with Crippen molar-refractivity contribution in [1.29, 1.82) is 0 Å². The number of aromatic nitrogens is 3. The van der Waals surface area contributed by atoms with Crippen molar-refractivity contribution in [3.8, 4) is 0 Å². The van der Waals surface area contributed by atoms with Crippen LogP contribution in [0.15, 0.2) is 23.4 Å². The minimum absolute atomic E-state index is 0.0239. The third-order valence-electron chi connectivity index (χ3n) is 2.49. The highest BCUT2D eigenvalue weighted by Gasteiger charge is 2.18. The lowest BCUT2D eigenvalue weighted by atomic mass is 10.3. The molecule has 1 aromatic heterocycles. The number of rotatable bonds is 4. The molecule has 0 saturated heterocycles. The van der Waals surface area contributed by atoms with Crippen LogP contribution in [-0.2, 0) is 4.79 Å². The summed E-state index contributed by atoms with van der Waals surface area (Å²) in [5.41, 5.74) is 11.2. The summed E-state index contributed by atoms with van der Waals surface area (Å²) in [6, 6.07) is 3.70. The van der Waals surface area contributed by atoms with Gasteiger partial charge in [0.2, 0.25) is 17.8 Å². The third-order valence-corrected chi connectivity index (χ3v) is 3.76. The first-order valence-corrected chi connectivity index (χ1v) is 7.30. The van der Waals surface area contributed by atoms with E-state index in [1.54, 1.807) is 6.92 Å². The van der Waals surface area contributed by atoms with E-state index in [0.29, 0.717) is 5.69 Å². The Hall–Kier alpha value is -2.13. The second-order valence-corrected chi connectivity index (χ2v) is 5.92. The van der Waals surface area contributed by atoms with Crippen LogP contribution in [0.5, 0.6) is 0 Å². The average molecular weight is 343 g/mol. The fourth-order valence-corrected chi connectivity index (χ4v) is 2.47. The second-order valence-electron chi connectivity index (χ2n) is 4.21. The van der Waals surface area contributed by atoms with Crippen molar-refractivity contribution in [2.75, 3.05) is 16.8 Å². The first-order valence-electron chi connectivity index (χ1n) is 6.04. The largest absolute Gasteiger partial charge is 0.368 e. The molecular weight excluding hydrogens is 331 g/mol. The molecule has 1 amide bonds. The summed E-state index contributed by atoms with van der Waals surface area (Å²) in [6.07, 6.45) is 0. The Bertz CT molecular complexity index is 696. The zero-order valence-electron chi connectivity index (χ0n) is 11.4. The monoisotopic (exact) mass is 342 g/mol. The lowest BCUT2D eigenvalue weighted by molar-refractivity contribution is -0.115. The van der Waals surface area contributed by atoms with Gasteiger partial charge in [0.1, 0.15) is 5.82 Å². The number of hydrogen-bond acceptors (Lipinski definition) is 7. The molecule has 0 fully saturated rings. The number of nitrogens with zero attached hydrogens (tertiary/aromatic N) is 3. The molecule has 0 aliphatic rings. The number of carbonyl (C=O) groups is 1. The molecule has 0 spiro atoms. The number of thioether (sulfide) groups is 1. The van der Waals surface area contributed by atoms with Gasteiger partial charge >= 0.3 is 0 Å². The number of nitrogen functional groups attached to an aromatic ring is 2. The predicted molar refractivity (Wildman–Crippen MR) is 84.0 cm³/mol. The number of carbonyl (C=O) groups excluding carboxylic acids is 1. The first-order chi connectivity index (χ1) is 10.3. The van der Waals surface area contributed by atoms with Crippen LogP contribution in [0.3, 0.4) is 0 Å². The molecule has 0 aliphatic carbocycles. The number of benzene rings is 1. The quantitative estimate of drug-likeness (QED) is 0.726. The summed E-state index contributed by atoms with van der Waals surface area (Å²) in [5.74, 6) is -0.883. The van der Waals surface area contributed by atoms with Gasteiger partial charge in [-0.3, -0.25) is 4.79 Å². The number of nitrogens with two attached hydrogens (primary N) is 2. The third kappa shape index (κ3) is 4.18. The molecule has 2 rings (SSSR count). The summed E-state index contributed by atoms with van der Waals surface area (Å²) in [6.45, 7) is 1.65. The zero-order valence-corrected chi connectivity index (χ0v) is 13.0.